The van der Waals surface area contributed by atoms with Gasteiger partial charge in [-0.15, -0.1) is 0 Å². The minimum atomic E-state index is 0.132. The van der Waals surface area contributed by atoms with Gasteiger partial charge in [0.15, 0.2) is 0 Å². The van der Waals surface area contributed by atoms with Crippen LogP contribution in [0, 0.1) is 0 Å². The second-order valence-corrected chi connectivity index (χ2v) is 4.92. The number of carbonyl (C=O) groups is 1. The van der Waals surface area contributed by atoms with Crippen molar-refractivity contribution in [1.82, 2.24) is 5.32 Å². The van der Waals surface area contributed by atoms with Crippen LogP contribution in [0.4, 0.5) is 5.69 Å². The van der Waals surface area contributed by atoms with Gasteiger partial charge < -0.3 is 10.6 Å². The normalized spacial score (nSPS) is 14.1. The van der Waals surface area contributed by atoms with Gasteiger partial charge in [0.25, 0.3) is 0 Å². The van der Waals surface area contributed by atoms with Crippen molar-refractivity contribution in [2.24, 2.45) is 0 Å². The fraction of sp³-hybridized carbons (Fsp3) is 0.533. The molecule has 18 heavy (non-hydrogen) atoms. The summed E-state index contributed by atoms with van der Waals surface area (Å²) in [5.74, 6) is 0.132. The van der Waals surface area contributed by atoms with Crippen molar-refractivity contribution < 1.29 is 4.79 Å². The predicted molar refractivity (Wildman–Crippen MR) is 74.6 cm³/mol. The molecule has 1 amide bonds. The average Bonchev–Trinajstić information content (AvgIpc) is 2.39. The molecular weight excluding hydrogens is 224 g/mol. The number of nitrogens with one attached hydrogen (secondary N) is 2. The number of anilines is 1. The quantitative estimate of drug-likeness (QED) is 0.784. The van der Waals surface area contributed by atoms with Crippen molar-refractivity contribution in [2.45, 2.75) is 45.6 Å². The minimum absolute atomic E-state index is 0.132. The molecule has 3 heteroatoms. The van der Waals surface area contributed by atoms with Gasteiger partial charge in [0.2, 0.25) is 5.91 Å². The SMILES string of the molecule is CCCCCC(=O)Nc1ccc2c(c1)CNCC2. The smallest absolute Gasteiger partial charge is 0.224 e. The molecule has 1 aromatic carbocycles. The highest BCUT2D eigenvalue weighted by Crippen LogP contribution is 2.19. The van der Waals surface area contributed by atoms with Crippen LogP contribution in [0.2, 0.25) is 0 Å². The zero-order valence-corrected chi connectivity index (χ0v) is 11.1. The number of rotatable bonds is 5. The van der Waals surface area contributed by atoms with E-state index in [1.165, 1.54) is 11.1 Å². The molecule has 1 aliphatic rings. The van der Waals surface area contributed by atoms with E-state index in [4.69, 9.17) is 0 Å². The lowest BCUT2D eigenvalue weighted by Gasteiger charge is -2.18. The predicted octanol–water partition coefficient (Wildman–Crippen LogP) is 2.85. The maximum atomic E-state index is 11.7. The van der Waals surface area contributed by atoms with Crippen LogP contribution in [0.25, 0.3) is 0 Å². The summed E-state index contributed by atoms with van der Waals surface area (Å²) in [6, 6.07) is 6.25. The van der Waals surface area contributed by atoms with Crippen LogP contribution in [-0.4, -0.2) is 12.5 Å². The number of benzene rings is 1. The topological polar surface area (TPSA) is 41.1 Å². The molecule has 0 atom stereocenters. The minimum Gasteiger partial charge on any atom is -0.326 e. The van der Waals surface area contributed by atoms with Crippen LogP contribution in [0.15, 0.2) is 18.2 Å². The number of unbranched alkanes of at least 4 members (excludes halogenated alkanes) is 2. The Bertz CT molecular complexity index is 415. The van der Waals surface area contributed by atoms with Crippen LogP contribution in [0.1, 0.15) is 43.7 Å². The van der Waals surface area contributed by atoms with Gasteiger partial charge >= 0.3 is 0 Å². The van der Waals surface area contributed by atoms with Crippen molar-refractivity contribution >= 4 is 11.6 Å². The Morgan fingerprint density at radius 2 is 2.22 bits per heavy atom. The van der Waals surface area contributed by atoms with Gasteiger partial charge in [0.1, 0.15) is 0 Å². The molecule has 0 saturated heterocycles. The Hall–Kier alpha value is -1.35. The molecule has 3 nitrogen and oxygen atoms in total. The molecule has 0 spiro atoms. The van der Waals surface area contributed by atoms with Crippen LogP contribution in [0.3, 0.4) is 0 Å². The first-order valence-electron chi connectivity index (χ1n) is 6.92. The molecule has 0 radical (unpaired) electrons. The first-order valence-corrected chi connectivity index (χ1v) is 6.92. The second-order valence-electron chi connectivity index (χ2n) is 4.92. The zero-order chi connectivity index (χ0) is 12.8. The molecule has 98 valence electrons. The zero-order valence-electron chi connectivity index (χ0n) is 11.1. The van der Waals surface area contributed by atoms with E-state index in [0.29, 0.717) is 6.42 Å². The van der Waals surface area contributed by atoms with Crippen molar-refractivity contribution in [3.63, 3.8) is 0 Å². The molecule has 1 aromatic rings. The van der Waals surface area contributed by atoms with Crippen molar-refractivity contribution in [3.8, 4) is 0 Å². The summed E-state index contributed by atoms with van der Waals surface area (Å²) in [6.07, 6.45) is 4.97. The molecule has 0 bridgehead atoms. The summed E-state index contributed by atoms with van der Waals surface area (Å²) in [7, 11) is 0. The Balaban J connectivity index is 1.91. The second kappa shape index (κ2) is 6.55. The van der Waals surface area contributed by atoms with Crippen LogP contribution < -0.4 is 10.6 Å². The van der Waals surface area contributed by atoms with E-state index in [-0.39, 0.29) is 5.91 Å². The Kier molecular flexibility index (Phi) is 4.76. The van der Waals surface area contributed by atoms with Crippen LogP contribution in [-0.2, 0) is 17.8 Å². The summed E-state index contributed by atoms with van der Waals surface area (Å²) in [4.78, 5) is 11.7. The molecule has 1 heterocycles. The third-order valence-electron chi connectivity index (χ3n) is 3.38. The number of carbonyl (C=O) groups excluding carboxylic acids is 1. The van der Waals surface area contributed by atoms with E-state index in [1.54, 1.807) is 0 Å². The van der Waals surface area contributed by atoms with E-state index in [1.807, 2.05) is 6.07 Å². The van der Waals surface area contributed by atoms with Gasteiger partial charge in [0.05, 0.1) is 0 Å². The highest BCUT2D eigenvalue weighted by Gasteiger charge is 2.09. The first-order chi connectivity index (χ1) is 8.79. The third-order valence-corrected chi connectivity index (χ3v) is 3.38. The fourth-order valence-electron chi connectivity index (χ4n) is 2.32. The van der Waals surface area contributed by atoms with E-state index >= 15 is 0 Å². The Morgan fingerprint density at radius 3 is 3.06 bits per heavy atom. The molecule has 2 N–H and O–H groups in total. The maximum absolute atomic E-state index is 11.7. The van der Waals surface area contributed by atoms with Gasteiger partial charge in [-0.2, -0.15) is 0 Å². The van der Waals surface area contributed by atoms with Gasteiger partial charge in [0, 0.05) is 18.7 Å². The van der Waals surface area contributed by atoms with Gasteiger partial charge in [-0.1, -0.05) is 25.8 Å². The summed E-state index contributed by atoms with van der Waals surface area (Å²) in [6.45, 7) is 4.11. The molecule has 0 aromatic heterocycles. The monoisotopic (exact) mass is 246 g/mol. The largest absolute Gasteiger partial charge is 0.326 e. The average molecular weight is 246 g/mol. The van der Waals surface area contributed by atoms with Crippen LogP contribution >= 0.6 is 0 Å². The van der Waals surface area contributed by atoms with Crippen LogP contribution in [0.5, 0.6) is 0 Å². The number of hydrogen-bond donors (Lipinski definition) is 2. The molecule has 1 aliphatic heterocycles. The highest BCUT2D eigenvalue weighted by molar-refractivity contribution is 5.90. The van der Waals surface area contributed by atoms with Crippen molar-refractivity contribution in [1.29, 1.82) is 0 Å². The maximum Gasteiger partial charge on any atom is 0.224 e. The standard InChI is InChI=1S/C15H22N2O/c1-2-3-4-5-15(18)17-14-7-6-12-8-9-16-11-13(12)10-14/h6-7,10,16H,2-5,8-9,11H2,1H3,(H,17,18). The van der Waals surface area contributed by atoms with Gasteiger partial charge in [-0.25, -0.2) is 0 Å². The Labute approximate surface area is 109 Å². The lowest BCUT2D eigenvalue weighted by atomic mass is 10.0. The lowest BCUT2D eigenvalue weighted by molar-refractivity contribution is -0.116. The molecule has 0 fully saturated rings. The van der Waals surface area contributed by atoms with Gasteiger partial charge in [-0.3, -0.25) is 4.79 Å². The molecular formula is C15H22N2O. The van der Waals surface area contributed by atoms with Gasteiger partial charge in [-0.05, 0) is 42.6 Å². The summed E-state index contributed by atoms with van der Waals surface area (Å²) >= 11 is 0. The fourth-order valence-corrected chi connectivity index (χ4v) is 2.32. The van der Waals surface area contributed by atoms with Crippen molar-refractivity contribution in [2.75, 3.05) is 11.9 Å². The number of hydrogen-bond acceptors (Lipinski definition) is 2. The highest BCUT2D eigenvalue weighted by atomic mass is 16.1. The third kappa shape index (κ3) is 3.57. The molecule has 0 unspecified atom stereocenters. The van der Waals surface area contributed by atoms with E-state index in [0.717, 1.165) is 44.5 Å². The van der Waals surface area contributed by atoms with E-state index in [2.05, 4.69) is 29.7 Å². The Morgan fingerprint density at radius 1 is 1.33 bits per heavy atom. The first kappa shape index (κ1) is 13.1. The lowest BCUT2D eigenvalue weighted by Crippen LogP contribution is -2.23. The van der Waals surface area contributed by atoms with E-state index in [9.17, 15) is 4.79 Å². The summed E-state index contributed by atoms with van der Waals surface area (Å²) in [5, 5.41) is 6.33. The molecule has 0 aliphatic carbocycles. The van der Waals surface area contributed by atoms with E-state index < -0.39 is 0 Å². The summed E-state index contributed by atoms with van der Waals surface area (Å²) in [5.41, 5.74) is 3.64. The molecule has 2 rings (SSSR count). The van der Waals surface area contributed by atoms with Crippen molar-refractivity contribution in [3.05, 3.63) is 29.3 Å². The molecule has 0 saturated carbocycles. The number of fused-ring (bicyclic) bond motifs is 1. The number of amides is 1. The summed E-state index contributed by atoms with van der Waals surface area (Å²) < 4.78 is 0.